The molecular weight excluding hydrogens is 326 g/mol. The van der Waals surface area contributed by atoms with Crippen LogP contribution in [0.3, 0.4) is 0 Å². The quantitative estimate of drug-likeness (QED) is 0.889. The summed E-state index contributed by atoms with van der Waals surface area (Å²) >= 11 is 9.69. The molecule has 0 bridgehead atoms. The topological polar surface area (TPSA) is 29.9 Å². The molecule has 19 heavy (non-hydrogen) atoms. The van der Waals surface area contributed by atoms with Crippen LogP contribution in [0.1, 0.15) is 19.4 Å². The van der Waals surface area contributed by atoms with Gasteiger partial charge in [-0.3, -0.25) is 0 Å². The summed E-state index contributed by atoms with van der Waals surface area (Å²) < 4.78 is 2.74. The largest absolute Gasteiger partial charge is 0.312 e. The van der Waals surface area contributed by atoms with E-state index in [1.54, 1.807) is 10.9 Å². The fourth-order valence-electron chi connectivity index (χ4n) is 1.76. The SMILES string of the molecule is CC(C)CNCc1ccc(-n2cc(Br)cn2)cc1Cl. The molecular formula is C14H17BrClN3. The molecule has 0 aliphatic carbocycles. The van der Waals surface area contributed by atoms with E-state index >= 15 is 0 Å². The molecule has 0 unspecified atom stereocenters. The summed E-state index contributed by atoms with van der Waals surface area (Å²) in [5.41, 5.74) is 2.07. The van der Waals surface area contributed by atoms with Crippen molar-refractivity contribution in [3.05, 3.63) is 45.7 Å². The molecule has 0 radical (unpaired) electrons. The number of rotatable bonds is 5. The minimum atomic E-state index is 0.638. The van der Waals surface area contributed by atoms with E-state index in [2.05, 4.69) is 40.2 Å². The van der Waals surface area contributed by atoms with E-state index in [9.17, 15) is 0 Å². The summed E-state index contributed by atoms with van der Waals surface area (Å²) in [6, 6.07) is 6.01. The molecule has 0 aliphatic heterocycles. The van der Waals surface area contributed by atoms with Crippen molar-refractivity contribution in [1.82, 2.24) is 15.1 Å². The van der Waals surface area contributed by atoms with Crippen molar-refractivity contribution >= 4 is 27.5 Å². The van der Waals surface area contributed by atoms with Gasteiger partial charge in [-0.1, -0.05) is 31.5 Å². The molecule has 3 nitrogen and oxygen atoms in total. The Morgan fingerprint density at radius 3 is 2.79 bits per heavy atom. The van der Waals surface area contributed by atoms with Crippen molar-refractivity contribution in [1.29, 1.82) is 0 Å². The van der Waals surface area contributed by atoms with Crippen LogP contribution in [0.15, 0.2) is 35.1 Å². The Bertz CT molecular complexity index is 551. The third-order valence-corrected chi connectivity index (χ3v) is 3.48. The van der Waals surface area contributed by atoms with Crippen LogP contribution < -0.4 is 5.32 Å². The van der Waals surface area contributed by atoms with Gasteiger partial charge >= 0.3 is 0 Å². The van der Waals surface area contributed by atoms with Crippen molar-refractivity contribution < 1.29 is 0 Å². The van der Waals surface area contributed by atoms with Gasteiger partial charge in [-0.2, -0.15) is 5.10 Å². The lowest BCUT2D eigenvalue weighted by atomic mass is 10.2. The molecule has 2 aromatic rings. The van der Waals surface area contributed by atoms with Crippen LogP contribution in [-0.4, -0.2) is 16.3 Å². The Balaban J connectivity index is 2.09. The van der Waals surface area contributed by atoms with Gasteiger partial charge in [-0.05, 0) is 46.1 Å². The molecule has 0 fully saturated rings. The van der Waals surface area contributed by atoms with Crippen LogP contribution in [0.4, 0.5) is 0 Å². The van der Waals surface area contributed by atoms with Gasteiger partial charge in [0.1, 0.15) is 0 Å². The van der Waals surface area contributed by atoms with E-state index in [1.807, 2.05) is 24.4 Å². The maximum Gasteiger partial charge on any atom is 0.0661 e. The van der Waals surface area contributed by atoms with Crippen molar-refractivity contribution in [3.8, 4) is 5.69 Å². The lowest BCUT2D eigenvalue weighted by Gasteiger charge is -2.10. The zero-order chi connectivity index (χ0) is 13.8. The van der Waals surface area contributed by atoms with E-state index in [0.29, 0.717) is 5.92 Å². The number of aromatic nitrogens is 2. The highest BCUT2D eigenvalue weighted by atomic mass is 79.9. The molecule has 0 saturated carbocycles. The normalized spacial score (nSPS) is 11.2. The second-order valence-electron chi connectivity index (χ2n) is 4.90. The number of nitrogens with zero attached hydrogens (tertiary/aromatic N) is 2. The number of hydrogen-bond acceptors (Lipinski definition) is 2. The van der Waals surface area contributed by atoms with Gasteiger partial charge in [0.2, 0.25) is 0 Å². The average molecular weight is 343 g/mol. The van der Waals surface area contributed by atoms with Gasteiger partial charge in [0.25, 0.3) is 0 Å². The predicted molar refractivity (Wildman–Crippen MR) is 82.8 cm³/mol. The number of benzene rings is 1. The van der Waals surface area contributed by atoms with Crippen LogP contribution in [-0.2, 0) is 6.54 Å². The van der Waals surface area contributed by atoms with E-state index in [1.165, 1.54) is 0 Å². The minimum absolute atomic E-state index is 0.638. The molecule has 1 N–H and O–H groups in total. The van der Waals surface area contributed by atoms with E-state index < -0.39 is 0 Å². The molecule has 5 heteroatoms. The van der Waals surface area contributed by atoms with Crippen molar-refractivity contribution in [2.75, 3.05) is 6.54 Å². The lowest BCUT2D eigenvalue weighted by Crippen LogP contribution is -2.19. The first-order chi connectivity index (χ1) is 9.06. The summed E-state index contributed by atoms with van der Waals surface area (Å²) in [6.07, 6.45) is 3.66. The summed E-state index contributed by atoms with van der Waals surface area (Å²) in [4.78, 5) is 0. The summed E-state index contributed by atoms with van der Waals surface area (Å²) in [5.74, 6) is 0.638. The lowest BCUT2D eigenvalue weighted by molar-refractivity contribution is 0.552. The minimum Gasteiger partial charge on any atom is -0.312 e. The fraction of sp³-hybridized carbons (Fsp3) is 0.357. The molecule has 0 amide bonds. The van der Waals surface area contributed by atoms with Gasteiger partial charge in [-0.25, -0.2) is 4.68 Å². The Morgan fingerprint density at radius 1 is 1.42 bits per heavy atom. The molecule has 0 atom stereocenters. The Hall–Kier alpha value is -0.840. The molecule has 1 heterocycles. The van der Waals surface area contributed by atoms with Gasteiger partial charge in [-0.15, -0.1) is 0 Å². The van der Waals surface area contributed by atoms with Crippen LogP contribution in [0, 0.1) is 5.92 Å². The Labute approximate surface area is 127 Å². The highest BCUT2D eigenvalue weighted by Gasteiger charge is 2.05. The third kappa shape index (κ3) is 4.06. The van der Waals surface area contributed by atoms with Crippen LogP contribution in [0.5, 0.6) is 0 Å². The van der Waals surface area contributed by atoms with Crippen molar-refractivity contribution in [2.45, 2.75) is 20.4 Å². The molecule has 0 aliphatic rings. The number of hydrogen-bond donors (Lipinski definition) is 1. The number of halogens is 2. The molecule has 2 rings (SSSR count). The summed E-state index contributed by atoms with van der Waals surface area (Å²) in [6.45, 7) is 6.16. The maximum atomic E-state index is 6.31. The van der Waals surface area contributed by atoms with Gasteiger partial charge in [0, 0.05) is 17.8 Å². The van der Waals surface area contributed by atoms with E-state index in [0.717, 1.165) is 33.8 Å². The summed E-state index contributed by atoms with van der Waals surface area (Å²) in [7, 11) is 0. The third-order valence-electron chi connectivity index (χ3n) is 2.72. The fourth-order valence-corrected chi connectivity index (χ4v) is 2.29. The Kier molecular flexibility index (Phi) is 5.02. The zero-order valence-corrected chi connectivity index (χ0v) is 13.4. The summed E-state index contributed by atoms with van der Waals surface area (Å²) in [5, 5.41) is 8.39. The highest BCUT2D eigenvalue weighted by molar-refractivity contribution is 9.10. The van der Waals surface area contributed by atoms with Crippen molar-refractivity contribution in [3.63, 3.8) is 0 Å². The Morgan fingerprint density at radius 2 is 2.21 bits per heavy atom. The second-order valence-corrected chi connectivity index (χ2v) is 6.23. The van der Waals surface area contributed by atoms with Gasteiger partial charge in [0.15, 0.2) is 0 Å². The first-order valence-electron chi connectivity index (χ1n) is 6.26. The van der Waals surface area contributed by atoms with Crippen LogP contribution in [0.25, 0.3) is 5.69 Å². The first-order valence-corrected chi connectivity index (χ1v) is 7.43. The predicted octanol–water partition coefficient (Wildman–Crippen LogP) is 4.03. The average Bonchev–Trinajstić information content (AvgIpc) is 2.77. The van der Waals surface area contributed by atoms with Crippen LogP contribution >= 0.6 is 27.5 Å². The molecule has 0 spiro atoms. The molecule has 102 valence electrons. The smallest absolute Gasteiger partial charge is 0.0661 e. The van der Waals surface area contributed by atoms with E-state index in [-0.39, 0.29) is 0 Å². The molecule has 0 saturated heterocycles. The highest BCUT2D eigenvalue weighted by Crippen LogP contribution is 2.21. The maximum absolute atomic E-state index is 6.31. The van der Waals surface area contributed by atoms with Gasteiger partial charge in [0.05, 0.1) is 16.4 Å². The van der Waals surface area contributed by atoms with E-state index in [4.69, 9.17) is 11.6 Å². The first kappa shape index (κ1) is 14.6. The number of nitrogens with one attached hydrogen (secondary N) is 1. The van der Waals surface area contributed by atoms with Crippen molar-refractivity contribution in [2.24, 2.45) is 5.92 Å². The molecule has 1 aromatic carbocycles. The second kappa shape index (κ2) is 6.55. The monoisotopic (exact) mass is 341 g/mol. The van der Waals surface area contributed by atoms with Gasteiger partial charge < -0.3 is 5.32 Å². The molecule has 1 aromatic heterocycles. The standard InChI is InChI=1S/C14H17BrClN3/c1-10(2)6-17-7-11-3-4-13(5-14(11)16)19-9-12(15)8-18-19/h3-5,8-10,17H,6-7H2,1-2H3. The zero-order valence-electron chi connectivity index (χ0n) is 11.0. The van der Waals surface area contributed by atoms with Crippen LogP contribution in [0.2, 0.25) is 5.02 Å².